The number of rotatable bonds is 3. The Balaban J connectivity index is 1.98. The van der Waals surface area contributed by atoms with Crippen LogP contribution in [0.4, 0.5) is 0 Å². The van der Waals surface area contributed by atoms with Gasteiger partial charge in [-0.15, -0.1) is 0 Å². The van der Waals surface area contributed by atoms with Crippen LogP contribution in [-0.2, 0) is 13.6 Å². The second-order valence-corrected chi connectivity index (χ2v) is 3.96. The molecule has 1 aromatic heterocycles. The summed E-state index contributed by atoms with van der Waals surface area (Å²) in [7, 11) is 1.82. The lowest BCUT2D eigenvalue weighted by molar-refractivity contribution is 0.0945. The smallest absolute Gasteiger partial charge is 0.272 e. The van der Waals surface area contributed by atoms with Crippen LogP contribution in [0.2, 0.25) is 0 Å². The highest BCUT2D eigenvalue weighted by Crippen LogP contribution is 2.02. The molecule has 0 radical (unpaired) electrons. The lowest BCUT2D eigenvalue weighted by Gasteiger charge is -2.02. The van der Waals surface area contributed by atoms with Gasteiger partial charge in [-0.2, -0.15) is 5.10 Å². The molecule has 2 aromatic rings. The molecule has 17 heavy (non-hydrogen) atoms. The second-order valence-electron chi connectivity index (χ2n) is 3.96. The lowest BCUT2D eigenvalue weighted by Crippen LogP contribution is -2.23. The van der Waals surface area contributed by atoms with Gasteiger partial charge in [0, 0.05) is 19.3 Å². The van der Waals surface area contributed by atoms with Crippen molar-refractivity contribution in [3.05, 3.63) is 53.3 Å². The zero-order valence-corrected chi connectivity index (χ0v) is 9.97. The van der Waals surface area contributed by atoms with Crippen LogP contribution in [-0.4, -0.2) is 15.7 Å². The molecule has 0 bridgehead atoms. The minimum absolute atomic E-state index is 0.141. The SMILES string of the molecule is Cc1cc(C(=O)NCc2ccccc2)nn1C. The van der Waals surface area contributed by atoms with Crippen LogP contribution in [0.5, 0.6) is 0 Å². The van der Waals surface area contributed by atoms with E-state index < -0.39 is 0 Å². The number of carbonyl (C=O) groups is 1. The van der Waals surface area contributed by atoms with Crippen molar-refractivity contribution in [1.82, 2.24) is 15.1 Å². The molecule has 2 rings (SSSR count). The van der Waals surface area contributed by atoms with E-state index in [0.29, 0.717) is 12.2 Å². The van der Waals surface area contributed by atoms with Crippen LogP contribution in [0.1, 0.15) is 21.7 Å². The maximum absolute atomic E-state index is 11.8. The molecule has 0 unspecified atom stereocenters. The van der Waals surface area contributed by atoms with Gasteiger partial charge in [0.25, 0.3) is 5.91 Å². The molecule has 0 aliphatic rings. The summed E-state index contributed by atoms with van der Waals surface area (Å²) < 4.78 is 1.69. The quantitative estimate of drug-likeness (QED) is 0.870. The van der Waals surface area contributed by atoms with Crippen LogP contribution in [0.25, 0.3) is 0 Å². The van der Waals surface area contributed by atoms with Crippen molar-refractivity contribution in [2.75, 3.05) is 0 Å². The molecule has 0 fully saturated rings. The Bertz CT molecular complexity index is 497. The summed E-state index contributed by atoms with van der Waals surface area (Å²) in [5.41, 5.74) is 2.50. The average Bonchev–Trinajstić information content (AvgIpc) is 2.68. The molecule has 1 aromatic carbocycles. The summed E-state index contributed by atoms with van der Waals surface area (Å²) in [5, 5.41) is 6.97. The van der Waals surface area contributed by atoms with Crippen LogP contribution in [0.3, 0.4) is 0 Å². The third-order valence-electron chi connectivity index (χ3n) is 2.64. The van der Waals surface area contributed by atoms with Crippen LogP contribution in [0.15, 0.2) is 36.4 Å². The molecule has 1 amide bonds. The van der Waals surface area contributed by atoms with Gasteiger partial charge in [-0.05, 0) is 18.6 Å². The van der Waals surface area contributed by atoms with Crippen LogP contribution in [0, 0.1) is 6.92 Å². The topological polar surface area (TPSA) is 46.9 Å². The summed E-state index contributed by atoms with van der Waals surface area (Å²) in [5.74, 6) is -0.141. The number of aromatic nitrogens is 2. The Morgan fingerprint density at radius 1 is 1.35 bits per heavy atom. The third kappa shape index (κ3) is 2.72. The van der Waals surface area contributed by atoms with Crippen molar-refractivity contribution in [2.45, 2.75) is 13.5 Å². The first-order valence-electron chi connectivity index (χ1n) is 5.49. The highest BCUT2D eigenvalue weighted by atomic mass is 16.1. The van der Waals surface area contributed by atoms with E-state index in [1.54, 1.807) is 10.7 Å². The fourth-order valence-electron chi connectivity index (χ4n) is 1.54. The molecule has 0 spiro atoms. The van der Waals surface area contributed by atoms with E-state index in [-0.39, 0.29) is 5.91 Å². The maximum atomic E-state index is 11.8. The van der Waals surface area contributed by atoms with Gasteiger partial charge in [-0.1, -0.05) is 30.3 Å². The first-order valence-corrected chi connectivity index (χ1v) is 5.49. The fraction of sp³-hybridized carbons (Fsp3) is 0.231. The van der Waals surface area contributed by atoms with E-state index in [1.165, 1.54) is 0 Å². The van der Waals surface area contributed by atoms with Crippen molar-refractivity contribution < 1.29 is 4.79 Å². The van der Waals surface area contributed by atoms with Crippen molar-refractivity contribution in [2.24, 2.45) is 7.05 Å². The number of nitrogens with zero attached hydrogens (tertiary/aromatic N) is 2. The Kier molecular flexibility index (Phi) is 3.23. The van der Waals surface area contributed by atoms with Gasteiger partial charge in [0.1, 0.15) is 5.69 Å². The maximum Gasteiger partial charge on any atom is 0.272 e. The largest absolute Gasteiger partial charge is 0.347 e. The van der Waals surface area contributed by atoms with Crippen molar-refractivity contribution in [3.8, 4) is 0 Å². The van der Waals surface area contributed by atoms with Gasteiger partial charge in [0.05, 0.1) is 0 Å². The summed E-state index contributed by atoms with van der Waals surface area (Å²) in [6.07, 6.45) is 0. The number of aryl methyl sites for hydroxylation is 2. The van der Waals surface area contributed by atoms with Crippen LogP contribution < -0.4 is 5.32 Å². The van der Waals surface area contributed by atoms with Gasteiger partial charge in [0.15, 0.2) is 0 Å². The lowest BCUT2D eigenvalue weighted by atomic mass is 10.2. The highest BCUT2D eigenvalue weighted by Gasteiger charge is 2.09. The summed E-state index contributed by atoms with van der Waals surface area (Å²) in [6.45, 7) is 2.44. The van der Waals surface area contributed by atoms with Crippen LogP contribution >= 0.6 is 0 Å². The molecule has 4 nitrogen and oxygen atoms in total. The number of hydrogen-bond acceptors (Lipinski definition) is 2. The molecule has 4 heteroatoms. The molecule has 0 aliphatic heterocycles. The predicted molar refractivity (Wildman–Crippen MR) is 65.6 cm³/mol. The Labute approximate surface area is 100 Å². The minimum atomic E-state index is -0.141. The zero-order chi connectivity index (χ0) is 12.3. The molecule has 0 saturated carbocycles. The standard InChI is InChI=1S/C13H15N3O/c1-10-8-12(15-16(10)2)13(17)14-9-11-6-4-3-5-7-11/h3-8H,9H2,1-2H3,(H,14,17). The fourth-order valence-corrected chi connectivity index (χ4v) is 1.54. The minimum Gasteiger partial charge on any atom is -0.347 e. The Morgan fingerprint density at radius 3 is 2.65 bits per heavy atom. The van der Waals surface area contributed by atoms with Gasteiger partial charge in [0.2, 0.25) is 0 Å². The predicted octanol–water partition coefficient (Wildman–Crippen LogP) is 1.66. The van der Waals surface area contributed by atoms with Gasteiger partial charge in [-0.25, -0.2) is 0 Å². The summed E-state index contributed by atoms with van der Waals surface area (Å²) in [4.78, 5) is 11.8. The number of hydrogen-bond donors (Lipinski definition) is 1. The number of nitrogens with one attached hydrogen (secondary N) is 1. The third-order valence-corrected chi connectivity index (χ3v) is 2.64. The summed E-state index contributed by atoms with van der Waals surface area (Å²) >= 11 is 0. The van der Waals surface area contributed by atoms with E-state index in [0.717, 1.165) is 11.3 Å². The average molecular weight is 229 g/mol. The molecule has 0 atom stereocenters. The van der Waals surface area contributed by atoms with Gasteiger partial charge in [-0.3, -0.25) is 9.48 Å². The highest BCUT2D eigenvalue weighted by molar-refractivity contribution is 5.92. The van der Waals surface area contributed by atoms with E-state index in [1.807, 2.05) is 44.3 Å². The van der Waals surface area contributed by atoms with Crippen molar-refractivity contribution >= 4 is 5.91 Å². The molecule has 88 valence electrons. The Hall–Kier alpha value is -2.10. The molecular weight excluding hydrogens is 214 g/mol. The molecule has 0 saturated heterocycles. The number of carbonyl (C=O) groups excluding carboxylic acids is 1. The monoisotopic (exact) mass is 229 g/mol. The Morgan fingerprint density at radius 2 is 2.06 bits per heavy atom. The van der Waals surface area contributed by atoms with Crippen molar-refractivity contribution in [3.63, 3.8) is 0 Å². The zero-order valence-electron chi connectivity index (χ0n) is 9.97. The van der Waals surface area contributed by atoms with E-state index >= 15 is 0 Å². The molecular formula is C13H15N3O. The van der Waals surface area contributed by atoms with E-state index in [4.69, 9.17) is 0 Å². The normalized spacial score (nSPS) is 10.2. The van der Waals surface area contributed by atoms with E-state index in [2.05, 4.69) is 10.4 Å². The number of amides is 1. The molecule has 0 aliphatic carbocycles. The van der Waals surface area contributed by atoms with Gasteiger partial charge >= 0.3 is 0 Å². The second kappa shape index (κ2) is 4.82. The first kappa shape index (κ1) is 11.4. The molecule has 1 N–H and O–H groups in total. The van der Waals surface area contributed by atoms with E-state index in [9.17, 15) is 4.79 Å². The molecule has 1 heterocycles. The van der Waals surface area contributed by atoms with Crippen molar-refractivity contribution in [1.29, 1.82) is 0 Å². The summed E-state index contributed by atoms with van der Waals surface area (Å²) in [6, 6.07) is 11.6. The van der Waals surface area contributed by atoms with Gasteiger partial charge < -0.3 is 5.32 Å². The first-order chi connectivity index (χ1) is 8.16. The number of benzene rings is 1.